The number of amides is 3. The van der Waals surface area contributed by atoms with Crippen LogP contribution in [0.15, 0.2) is 35.5 Å². The van der Waals surface area contributed by atoms with E-state index in [0.717, 1.165) is 17.3 Å². The fourth-order valence-electron chi connectivity index (χ4n) is 1.51. The Labute approximate surface area is 118 Å². The fraction of sp³-hybridized carbons (Fsp3) is 0.182. The maximum Gasteiger partial charge on any atom is 0.318 e. The molecule has 3 N–H and O–H groups in total. The molecule has 2 aromatic rings. The Bertz CT molecular complexity index is 614. The molecule has 0 fully saturated rings. The van der Waals surface area contributed by atoms with E-state index >= 15 is 0 Å². The zero-order chi connectivity index (χ0) is 14.5. The summed E-state index contributed by atoms with van der Waals surface area (Å²) in [5.41, 5.74) is 5.71. The van der Waals surface area contributed by atoms with Crippen molar-refractivity contribution in [3.63, 3.8) is 0 Å². The maximum absolute atomic E-state index is 12.1. The number of benzene rings is 1. The van der Waals surface area contributed by atoms with Crippen molar-refractivity contribution in [1.29, 1.82) is 0 Å². The smallest absolute Gasteiger partial charge is 0.318 e. The number of thioether (sulfide) groups is 1. The monoisotopic (exact) mass is 292 g/mol. The number of carbonyl (C=O) groups is 2. The highest BCUT2D eigenvalue weighted by Crippen LogP contribution is 2.33. The second-order valence-corrected chi connectivity index (χ2v) is 4.92. The highest BCUT2D eigenvalue weighted by molar-refractivity contribution is 8.00. The number of urea groups is 1. The van der Waals surface area contributed by atoms with Crippen molar-refractivity contribution in [3.8, 4) is 0 Å². The zero-order valence-corrected chi connectivity index (χ0v) is 11.4. The average Bonchev–Trinajstić information content (AvgIpc) is 2.81. The van der Waals surface area contributed by atoms with Gasteiger partial charge in [0.2, 0.25) is 11.1 Å². The topological polar surface area (TPSA) is 116 Å². The van der Waals surface area contributed by atoms with Crippen LogP contribution in [-0.2, 0) is 11.8 Å². The molecule has 3 amide bonds. The van der Waals surface area contributed by atoms with Gasteiger partial charge in [-0.25, -0.2) is 9.48 Å². The third-order valence-corrected chi connectivity index (χ3v) is 3.67. The van der Waals surface area contributed by atoms with Gasteiger partial charge in [-0.1, -0.05) is 42.1 Å². The molecule has 0 bridgehead atoms. The van der Waals surface area contributed by atoms with Gasteiger partial charge < -0.3 is 5.73 Å². The summed E-state index contributed by atoms with van der Waals surface area (Å²) in [7, 11) is 1.66. The summed E-state index contributed by atoms with van der Waals surface area (Å²) in [5, 5.41) is 12.9. The summed E-state index contributed by atoms with van der Waals surface area (Å²) in [4.78, 5) is 22.9. The molecule has 1 atom stereocenters. The summed E-state index contributed by atoms with van der Waals surface area (Å²) < 4.78 is 1.44. The van der Waals surface area contributed by atoms with Crippen molar-refractivity contribution in [3.05, 3.63) is 35.9 Å². The van der Waals surface area contributed by atoms with Crippen LogP contribution < -0.4 is 11.1 Å². The minimum absolute atomic E-state index is 0.457. The molecule has 1 aromatic heterocycles. The molecule has 0 radical (unpaired) electrons. The normalized spacial score (nSPS) is 11.8. The van der Waals surface area contributed by atoms with Crippen LogP contribution >= 0.6 is 11.8 Å². The van der Waals surface area contributed by atoms with Gasteiger partial charge in [0.05, 0.1) is 0 Å². The van der Waals surface area contributed by atoms with Crippen LogP contribution in [0.3, 0.4) is 0 Å². The molecule has 20 heavy (non-hydrogen) atoms. The standard InChI is InChI=1S/C11H12N6O2S/c1-17-11(14-15-16-17)20-8(9(18)13-10(12)19)7-5-3-2-4-6-7/h2-6,8H,1H3,(H3,12,13,18,19)/t8-/m0/s1. The first kappa shape index (κ1) is 14.0. The van der Waals surface area contributed by atoms with Crippen molar-refractivity contribution < 1.29 is 9.59 Å². The number of nitrogens with two attached hydrogens (primary N) is 1. The molecule has 0 saturated carbocycles. The number of nitrogens with one attached hydrogen (secondary N) is 1. The predicted molar refractivity (Wildman–Crippen MR) is 71.6 cm³/mol. The van der Waals surface area contributed by atoms with E-state index in [1.165, 1.54) is 4.68 Å². The lowest BCUT2D eigenvalue weighted by atomic mass is 10.1. The number of hydrogen-bond donors (Lipinski definition) is 2. The second kappa shape index (κ2) is 6.15. The van der Waals surface area contributed by atoms with Crippen molar-refractivity contribution >= 4 is 23.7 Å². The first-order valence-corrected chi connectivity index (χ1v) is 6.50. The van der Waals surface area contributed by atoms with Crippen molar-refractivity contribution in [2.75, 3.05) is 0 Å². The van der Waals surface area contributed by atoms with E-state index in [1.807, 2.05) is 6.07 Å². The van der Waals surface area contributed by atoms with E-state index in [2.05, 4.69) is 20.8 Å². The lowest BCUT2D eigenvalue weighted by Crippen LogP contribution is -2.37. The van der Waals surface area contributed by atoms with Crippen molar-refractivity contribution in [2.24, 2.45) is 12.8 Å². The number of nitrogens with zero attached hydrogens (tertiary/aromatic N) is 4. The van der Waals surface area contributed by atoms with Crippen LogP contribution in [0.2, 0.25) is 0 Å². The molecule has 0 aliphatic carbocycles. The van der Waals surface area contributed by atoms with E-state index in [4.69, 9.17) is 5.73 Å². The molecule has 1 heterocycles. The van der Waals surface area contributed by atoms with Crippen LogP contribution in [0.25, 0.3) is 0 Å². The number of imide groups is 1. The van der Waals surface area contributed by atoms with Gasteiger partial charge in [0, 0.05) is 7.05 Å². The SMILES string of the molecule is Cn1nnnc1S[C@H](C(=O)NC(N)=O)c1ccccc1. The molecule has 0 unspecified atom stereocenters. The molecule has 1 aromatic carbocycles. The molecule has 0 aliphatic heterocycles. The Balaban J connectivity index is 2.27. The van der Waals surface area contributed by atoms with E-state index in [0.29, 0.717) is 5.16 Å². The molecule has 9 heteroatoms. The third kappa shape index (κ3) is 3.32. The molecule has 0 saturated heterocycles. The summed E-state index contributed by atoms with van der Waals surface area (Å²) in [5.74, 6) is -0.517. The first-order valence-electron chi connectivity index (χ1n) is 5.62. The van der Waals surface area contributed by atoms with Gasteiger partial charge >= 0.3 is 6.03 Å². The van der Waals surface area contributed by atoms with Gasteiger partial charge in [0.15, 0.2) is 0 Å². The lowest BCUT2D eigenvalue weighted by molar-refractivity contribution is -0.119. The van der Waals surface area contributed by atoms with Gasteiger partial charge in [-0.05, 0) is 16.0 Å². The van der Waals surface area contributed by atoms with E-state index in [1.54, 1.807) is 31.3 Å². The van der Waals surface area contributed by atoms with Gasteiger partial charge in [-0.2, -0.15) is 0 Å². The minimum atomic E-state index is -0.896. The number of carbonyl (C=O) groups excluding carboxylic acids is 2. The Kier molecular flexibility index (Phi) is 4.31. The van der Waals surface area contributed by atoms with Gasteiger partial charge in [-0.15, -0.1) is 5.10 Å². The van der Waals surface area contributed by atoms with Gasteiger partial charge in [0.1, 0.15) is 5.25 Å². The molecule has 0 spiro atoms. The van der Waals surface area contributed by atoms with Crippen LogP contribution in [0, 0.1) is 0 Å². The number of aryl methyl sites for hydroxylation is 1. The quantitative estimate of drug-likeness (QED) is 0.780. The van der Waals surface area contributed by atoms with E-state index < -0.39 is 17.2 Å². The Morgan fingerprint density at radius 3 is 2.60 bits per heavy atom. The Morgan fingerprint density at radius 1 is 1.35 bits per heavy atom. The number of primary amides is 1. The molecular formula is C11H12N6O2S. The van der Waals surface area contributed by atoms with E-state index in [-0.39, 0.29) is 0 Å². The van der Waals surface area contributed by atoms with Gasteiger partial charge in [-0.3, -0.25) is 10.1 Å². The van der Waals surface area contributed by atoms with E-state index in [9.17, 15) is 9.59 Å². The van der Waals surface area contributed by atoms with Crippen LogP contribution in [0.5, 0.6) is 0 Å². The summed E-state index contributed by atoms with van der Waals surface area (Å²) in [6.07, 6.45) is 0. The molecular weight excluding hydrogens is 280 g/mol. The van der Waals surface area contributed by atoms with Crippen LogP contribution in [-0.4, -0.2) is 32.1 Å². The predicted octanol–water partition coefficient (Wildman–Crippen LogP) is 0.238. The highest BCUT2D eigenvalue weighted by Gasteiger charge is 2.25. The minimum Gasteiger partial charge on any atom is -0.351 e. The number of hydrogen-bond acceptors (Lipinski definition) is 6. The largest absolute Gasteiger partial charge is 0.351 e. The molecule has 8 nitrogen and oxygen atoms in total. The van der Waals surface area contributed by atoms with Crippen molar-refractivity contribution in [1.82, 2.24) is 25.5 Å². The first-order chi connectivity index (χ1) is 9.58. The number of tetrazole rings is 1. The average molecular weight is 292 g/mol. The lowest BCUT2D eigenvalue weighted by Gasteiger charge is -2.14. The summed E-state index contributed by atoms with van der Waals surface area (Å²) in [6, 6.07) is 8.10. The molecule has 0 aliphatic rings. The maximum atomic E-state index is 12.1. The zero-order valence-electron chi connectivity index (χ0n) is 10.6. The second-order valence-electron chi connectivity index (χ2n) is 3.85. The van der Waals surface area contributed by atoms with Gasteiger partial charge in [0.25, 0.3) is 0 Å². The molecule has 104 valence electrons. The third-order valence-electron chi connectivity index (χ3n) is 2.39. The summed E-state index contributed by atoms with van der Waals surface area (Å²) >= 11 is 1.13. The molecule has 2 rings (SSSR count). The fourth-order valence-corrected chi connectivity index (χ4v) is 2.46. The van der Waals surface area contributed by atoms with Crippen LogP contribution in [0.1, 0.15) is 10.8 Å². The highest BCUT2D eigenvalue weighted by atomic mass is 32.2. The number of rotatable bonds is 4. The summed E-state index contributed by atoms with van der Waals surface area (Å²) in [6.45, 7) is 0. The number of aromatic nitrogens is 4. The Hall–Kier alpha value is -2.42. The van der Waals surface area contributed by atoms with Crippen molar-refractivity contribution in [2.45, 2.75) is 10.4 Å². The van der Waals surface area contributed by atoms with Crippen LogP contribution in [0.4, 0.5) is 4.79 Å². The Morgan fingerprint density at radius 2 is 2.05 bits per heavy atom.